The first-order valence-electron chi connectivity index (χ1n) is 13.0. The van der Waals surface area contributed by atoms with Gasteiger partial charge in [0.25, 0.3) is 0 Å². The van der Waals surface area contributed by atoms with Gasteiger partial charge in [0.1, 0.15) is 28.5 Å². The van der Waals surface area contributed by atoms with Crippen molar-refractivity contribution >= 4 is 38.4 Å². The zero-order valence-electron chi connectivity index (χ0n) is 22.1. The molecule has 0 fully saturated rings. The van der Waals surface area contributed by atoms with Crippen LogP contribution in [0.1, 0.15) is 56.7 Å². The summed E-state index contributed by atoms with van der Waals surface area (Å²) in [6.07, 6.45) is 7.01. The molecule has 36 heavy (non-hydrogen) atoms. The summed E-state index contributed by atoms with van der Waals surface area (Å²) in [7, 11) is -2.06. The molecule has 0 spiro atoms. The van der Waals surface area contributed by atoms with Crippen LogP contribution >= 0.6 is 17.2 Å². The van der Waals surface area contributed by atoms with Crippen molar-refractivity contribution in [1.29, 1.82) is 0 Å². The Morgan fingerprint density at radius 1 is 0.472 bits per heavy atom. The summed E-state index contributed by atoms with van der Waals surface area (Å²) in [6.45, 7) is 6.96. The van der Waals surface area contributed by atoms with E-state index in [1.165, 1.54) is 35.2 Å². The average Bonchev–Trinajstić information content (AvgIpc) is 2.89. The summed E-state index contributed by atoms with van der Waals surface area (Å²) >= 11 is 0. The van der Waals surface area contributed by atoms with E-state index in [2.05, 4.69) is 124 Å². The molecule has 4 aromatic rings. The third-order valence-electron chi connectivity index (χ3n) is 6.81. The van der Waals surface area contributed by atoms with E-state index in [0.717, 1.165) is 19.3 Å². The third-order valence-corrected chi connectivity index (χ3v) is 11.2. The number of hydrogen-bond acceptors (Lipinski definition) is 0. The molecule has 0 bridgehead atoms. The van der Waals surface area contributed by atoms with Crippen LogP contribution in [0.5, 0.6) is 0 Å². The zero-order chi connectivity index (χ0) is 23.8. The van der Waals surface area contributed by atoms with Crippen LogP contribution in [0.25, 0.3) is 0 Å². The summed E-state index contributed by atoms with van der Waals surface area (Å²) in [5, 5.41) is 5.88. The molecular formula is C33H41ClP2. The maximum Gasteiger partial charge on any atom is 0.144 e. The van der Waals surface area contributed by atoms with Crippen LogP contribution in [0.3, 0.4) is 0 Å². The number of rotatable bonds is 10. The van der Waals surface area contributed by atoms with Gasteiger partial charge in [-0.25, -0.2) is 0 Å². The Labute approximate surface area is 229 Å². The summed E-state index contributed by atoms with van der Waals surface area (Å²) in [4.78, 5) is 0. The molecule has 190 valence electrons. The molecule has 0 nitrogen and oxygen atoms in total. The van der Waals surface area contributed by atoms with E-state index >= 15 is 0 Å². The quantitative estimate of drug-likeness (QED) is 0.267. The van der Waals surface area contributed by atoms with Gasteiger partial charge in [0, 0.05) is 0 Å². The van der Waals surface area contributed by atoms with Gasteiger partial charge < -0.3 is 12.4 Å². The Hall–Kier alpha value is -1.97. The average molecular weight is 535 g/mol. The molecule has 3 heteroatoms. The highest BCUT2D eigenvalue weighted by Crippen LogP contribution is 2.55. The Balaban J connectivity index is 0.00000228. The van der Waals surface area contributed by atoms with Crippen molar-refractivity contribution in [2.45, 2.75) is 59.3 Å². The maximum atomic E-state index is 2.51. The number of halogens is 1. The van der Waals surface area contributed by atoms with Gasteiger partial charge in [-0.05, 0) is 78.4 Å². The molecule has 0 aliphatic carbocycles. The first-order valence-corrected chi connectivity index (χ1v) is 14.8. The van der Waals surface area contributed by atoms with Gasteiger partial charge in [-0.2, -0.15) is 9.90 Å². The van der Waals surface area contributed by atoms with E-state index in [1.54, 1.807) is 22.0 Å². The molecule has 0 amide bonds. The molecule has 0 aliphatic heterocycles. The molecule has 0 aliphatic rings. The molecule has 0 aromatic heterocycles. The number of benzene rings is 4. The lowest BCUT2D eigenvalue weighted by Crippen LogP contribution is -3.00. The third kappa shape index (κ3) is 5.94. The van der Waals surface area contributed by atoms with E-state index in [4.69, 9.17) is 0 Å². The number of hydrogen-bond donors (Lipinski definition) is 0. The van der Waals surface area contributed by atoms with Crippen LogP contribution in [-0.4, -0.2) is 0 Å². The molecule has 4 rings (SSSR count). The first-order chi connectivity index (χ1) is 16.8. The van der Waals surface area contributed by atoms with Crippen molar-refractivity contribution in [2.75, 3.05) is 0 Å². The predicted molar refractivity (Wildman–Crippen MR) is 164 cm³/mol. The van der Waals surface area contributed by atoms with Gasteiger partial charge >= 0.3 is 0 Å². The van der Waals surface area contributed by atoms with Crippen molar-refractivity contribution in [2.24, 2.45) is 0 Å². The second kappa shape index (κ2) is 14.7. The smallest absolute Gasteiger partial charge is 0.144 e. The minimum Gasteiger partial charge on any atom is -1.00 e. The molecule has 0 saturated heterocycles. The monoisotopic (exact) mass is 534 g/mol. The summed E-state index contributed by atoms with van der Waals surface area (Å²) in [5.41, 5.74) is 4.79. The van der Waals surface area contributed by atoms with E-state index in [1.807, 2.05) is 0 Å². The molecule has 1 unspecified atom stereocenters. The highest BCUT2D eigenvalue weighted by molar-refractivity contribution is 8.01. The summed E-state index contributed by atoms with van der Waals surface area (Å²) in [5.74, 6) is 0. The lowest BCUT2D eigenvalue weighted by atomic mass is 9.92. The minimum atomic E-state index is -2.06. The van der Waals surface area contributed by atoms with Crippen molar-refractivity contribution < 1.29 is 12.4 Å². The molecule has 0 radical (unpaired) electrons. The van der Waals surface area contributed by atoms with Crippen LogP contribution in [0.15, 0.2) is 103 Å². The first kappa shape index (κ1) is 30.3. The van der Waals surface area contributed by atoms with E-state index in [9.17, 15) is 0 Å². The van der Waals surface area contributed by atoms with Crippen LogP contribution in [0, 0.1) is 0 Å². The summed E-state index contributed by atoms with van der Waals surface area (Å²) < 4.78 is 0. The largest absolute Gasteiger partial charge is 1.00 e. The Morgan fingerprint density at radius 3 is 1.25 bits per heavy atom. The highest BCUT2D eigenvalue weighted by Gasteiger charge is 2.49. The second-order valence-electron chi connectivity index (χ2n) is 9.13. The van der Waals surface area contributed by atoms with Crippen molar-refractivity contribution in [3.63, 3.8) is 0 Å². The molecule has 0 N–H and O–H groups in total. The highest BCUT2D eigenvalue weighted by atomic mass is 35.5. The fraction of sp³-hybridized carbons (Fsp3) is 0.273. The van der Waals surface area contributed by atoms with E-state index in [0.29, 0.717) is 0 Å². The van der Waals surface area contributed by atoms with Crippen LogP contribution in [0.4, 0.5) is 0 Å². The molecule has 0 saturated carbocycles. The molecule has 1 atom stereocenters. The molecule has 0 heterocycles. The Bertz CT molecular complexity index is 1080. The van der Waals surface area contributed by atoms with Gasteiger partial charge in [0.15, 0.2) is 0 Å². The minimum absolute atomic E-state index is 0. The van der Waals surface area contributed by atoms with Gasteiger partial charge in [0.2, 0.25) is 0 Å². The zero-order valence-corrected chi connectivity index (χ0v) is 25.2. The van der Waals surface area contributed by atoms with Crippen LogP contribution < -0.4 is 33.6 Å². The van der Waals surface area contributed by atoms with Crippen molar-refractivity contribution in [1.82, 2.24) is 0 Å². The number of aryl methyl sites for hydroxylation is 1. The SMILES string of the molecule is CCCc1ccc([P+](c2ccccc2)(c2ccccc2)c2ccccc2)c(CCC)c1CCC.P.[Cl-]. The van der Waals surface area contributed by atoms with E-state index in [-0.39, 0.29) is 22.3 Å². The topological polar surface area (TPSA) is 0 Å². The summed E-state index contributed by atoms with van der Waals surface area (Å²) in [6, 6.07) is 38.9. The fourth-order valence-electron chi connectivity index (χ4n) is 5.46. The van der Waals surface area contributed by atoms with Crippen molar-refractivity contribution in [3.05, 3.63) is 120 Å². The maximum absolute atomic E-state index is 2.51. The van der Waals surface area contributed by atoms with Crippen molar-refractivity contribution in [3.8, 4) is 0 Å². The molecular weight excluding hydrogens is 494 g/mol. The molecule has 4 aromatic carbocycles. The Morgan fingerprint density at radius 2 is 0.861 bits per heavy atom. The van der Waals surface area contributed by atoms with Gasteiger partial charge in [-0.15, -0.1) is 0 Å². The predicted octanol–water partition coefficient (Wildman–Crippen LogP) is 4.23. The standard InChI is InChI=1S/C33H38P.ClH.H3P/c1-4-16-27-25-26-33(32(18-6-3)31(27)17-5-2)34(28-19-10-7-11-20-28,29-21-12-8-13-22-29)30-23-14-9-15-24-30;;/h7-15,19-26H,4-6,16-18H2,1-3H3;1H;1H3/q+1;;/p-1. The fourth-order valence-corrected chi connectivity index (χ4v) is 9.99. The van der Waals surface area contributed by atoms with Gasteiger partial charge in [-0.3, -0.25) is 0 Å². The van der Waals surface area contributed by atoms with Crippen LogP contribution in [-0.2, 0) is 19.3 Å². The second-order valence-corrected chi connectivity index (χ2v) is 12.5. The van der Waals surface area contributed by atoms with Gasteiger partial charge in [0.05, 0.1) is 0 Å². The van der Waals surface area contributed by atoms with Gasteiger partial charge in [-0.1, -0.05) is 101 Å². The Kier molecular flexibility index (Phi) is 12.3. The van der Waals surface area contributed by atoms with E-state index < -0.39 is 7.26 Å². The lowest BCUT2D eigenvalue weighted by Gasteiger charge is -2.31. The van der Waals surface area contributed by atoms with Crippen LogP contribution in [0.2, 0.25) is 0 Å². The normalized spacial score (nSPS) is 10.9. The lowest BCUT2D eigenvalue weighted by molar-refractivity contribution is -0.00000699.